The van der Waals surface area contributed by atoms with Crippen molar-refractivity contribution in [3.63, 3.8) is 0 Å². The third-order valence-electron chi connectivity index (χ3n) is 6.66. The van der Waals surface area contributed by atoms with Gasteiger partial charge in [-0.15, -0.1) is 0 Å². The van der Waals surface area contributed by atoms with Crippen LogP contribution in [0.4, 0.5) is 11.4 Å². The van der Waals surface area contributed by atoms with Crippen molar-refractivity contribution in [1.82, 2.24) is 4.57 Å². The molecule has 3 amide bonds. The molecule has 0 bridgehead atoms. The maximum absolute atomic E-state index is 13.8. The van der Waals surface area contributed by atoms with Crippen molar-refractivity contribution in [2.24, 2.45) is 5.92 Å². The lowest BCUT2D eigenvalue weighted by Gasteiger charge is -2.29. The molecule has 2 aromatic carbocycles. The third kappa shape index (κ3) is 4.46. The van der Waals surface area contributed by atoms with Crippen LogP contribution < -0.4 is 19.8 Å². The van der Waals surface area contributed by atoms with E-state index in [-0.39, 0.29) is 17.3 Å². The molecule has 39 heavy (non-hydrogen) atoms. The van der Waals surface area contributed by atoms with Crippen LogP contribution in [0.5, 0.6) is 5.75 Å². The van der Waals surface area contributed by atoms with Gasteiger partial charge in [0.25, 0.3) is 0 Å². The lowest BCUT2D eigenvalue weighted by Crippen LogP contribution is -2.32. The van der Waals surface area contributed by atoms with E-state index in [1.807, 2.05) is 0 Å². The number of hydrogen-bond acceptors (Lipinski definition) is 8. The van der Waals surface area contributed by atoms with Gasteiger partial charge in [0.2, 0.25) is 17.7 Å². The van der Waals surface area contributed by atoms with E-state index >= 15 is 0 Å². The second-order valence-corrected chi connectivity index (χ2v) is 11.5. The van der Waals surface area contributed by atoms with Gasteiger partial charge in [0.15, 0.2) is 0 Å². The maximum Gasteiger partial charge on any atom is 0.308 e. The Kier molecular flexibility index (Phi) is 6.57. The fraction of sp³-hybridized carbons (Fsp3) is 0.185. The van der Waals surface area contributed by atoms with Crippen LogP contribution in [0.2, 0.25) is 5.02 Å². The molecule has 6 rings (SSSR count). The SMILES string of the molecule is COc1ccc(N2C(=O)C3Sc4c(sc(=O)n4CC(=O)Nc4ccc(Cl)cc4)[C@H](c4ccco4)C3C2=O)cc1. The fourth-order valence-electron chi connectivity index (χ4n) is 4.89. The molecule has 198 valence electrons. The number of carbonyl (C=O) groups is 3. The van der Waals surface area contributed by atoms with Crippen LogP contribution in [-0.4, -0.2) is 34.6 Å². The first-order valence-electron chi connectivity index (χ1n) is 11.9. The van der Waals surface area contributed by atoms with E-state index < -0.39 is 28.9 Å². The lowest BCUT2D eigenvalue weighted by molar-refractivity contribution is -0.122. The molecule has 4 heterocycles. The molecule has 1 N–H and O–H groups in total. The molecule has 4 aromatic rings. The summed E-state index contributed by atoms with van der Waals surface area (Å²) in [7, 11) is 1.54. The van der Waals surface area contributed by atoms with Crippen LogP contribution in [-0.2, 0) is 20.9 Å². The Hall–Kier alpha value is -3.80. The highest BCUT2D eigenvalue weighted by atomic mass is 35.5. The summed E-state index contributed by atoms with van der Waals surface area (Å²) in [5, 5.41) is 2.97. The Bertz CT molecular complexity index is 1630. The number of methoxy groups -OCH3 is 1. The first kappa shape index (κ1) is 25.5. The van der Waals surface area contributed by atoms with Crippen molar-refractivity contribution >= 4 is 63.8 Å². The number of halogens is 1. The van der Waals surface area contributed by atoms with E-state index in [0.717, 1.165) is 23.1 Å². The molecule has 2 aliphatic rings. The summed E-state index contributed by atoms with van der Waals surface area (Å²) in [5.41, 5.74) is 0.969. The monoisotopic (exact) mass is 581 g/mol. The Morgan fingerprint density at radius 2 is 1.79 bits per heavy atom. The fourth-order valence-corrected chi connectivity index (χ4v) is 7.77. The van der Waals surface area contributed by atoms with E-state index in [4.69, 9.17) is 20.8 Å². The van der Waals surface area contributed by atoms with Gasteiger partial charge >= 0.3 is 4.87 Å². The predicted molar refractivity (Wildman–Crippen MR) is 148 cm³/mol. The molecule has 0 radical (unpaired) electrons. The quantitative estimate of drug-likeness (QED) is 0.331. The van der Waals surface area contributed by atoms with Gasteiger partial charge < -0.3 is 14.5 Å². The second kappa shape index (κ2) is 10.1. The van der Waals surface area contributed by atoms with Crippen LogP contribution in [0.1, 0.15) is 16.6 Å². The van der Waals surface area contributed by atoms with Gasteiger partial charge in [-0.2, -0.15) is 0 Å². The van der Waals surface area contributed by atoms with Crippen LogP contribution >= 0.6 is 34.7 Å². The van der Waals surface area contributed by atoms with E-state index in [0.29, 0.717) is 37.8 Å². The highest BCUT2D eigenvalue weighted by Gasteiger charge is 2.57. The molecule has 2 aliphatic heterocycles. The number of nitrogens with zero attached hydrogens (tertiary/aromatic N) is 2. The van der Waals surface area contributed by atoms with Gasteiger partial charge in [-0.25, -0.2) is 4.90 Å². The third-order valence-corrected chi connectivity index (χ3v) is 9.52. The summed E-state index contributed by atoms with van der Waals surface area (Å²) in [6.45, 7) is -0.257. The normalized spacial score (nSPS) is 20.1. The number of amides is 3. The Morgan fingerprint density at radius 3 is 2.46 bits per heavy atom. The van der Waals surface area contributed by atoms with Gasteiger partial charge in [0.05, 0.1) is 40.8 Å². The average Bonchev–Trinajstić information content (AvgIpc) is 3.63. The molecule has 2 aromatic heterocycles. The zero-order chi connectivity index (χ0) is 27.3. The Labute approximate surface area is 235 Å². The number of rotatable bonds is 6. The van der Waals surface area contributed by atoms with E-state index in [1.54, 1.807) is 60.7 Å². The maximum atomic E-state index is 13.8. The number of thiazole rings is 1. The average molecular weight is 582 g/mol. The molecule has 3 atom stereocenters. The van der Waals surface area contributed by atoms with Crippen LogP contribution in [0, 0.1) is 5.92 Å². The molecular weight excluding hydrogens is 562 g/mol. The summed E-state index contributed by atoms with van der Waals surface area (Å²) < 4.78 is 12.3. The number of ether oxygens (including phenoxy) is 1. The Morgan fingerprint density at radius 1 is 1.05 bits per heavy atom. The molecule has 0 spiro atoms. The van der Waals surface area contributed by atoms with Gasteiger partial charge in [0, 0.05) is 10.7 Å². The molecule has 0 aliphatic carbocycles. The number of anilines is 2. The number of fused-ring (bicyclic) bond motifs is 2. The van der Waals surface area contributed by atoms with E-state index in [2.05, 4.69) is 5.32 Å². The molecule has 1 fully saturated rings. The minimum atomic E-state index is -0.804. The number of imide groups is 1. The van der Waals surface area contributed by atoms with Crippen LogP contribution in [0.25, 0.3) is 0 Å². The predicted octanol–water partition coefficient (Wildman–Crippen LogP) is 4.60. The first-order chi connectivity index (χ1) is 18.9. The number of carbonyl (C=O) groups excluding carboxylic acids is 3. The smallest absolute Gasteiger partial charge is 0.308 e. The highest BCUT2D eigenvalue weighted by Crippen LogP contribution is 2.54. The minimum Gasteiger partial charge on any atom is -0.497 e. The van der Waals surface area contributed by atoms with Crippen LogP contribution in [0.3, 0.4) is 0 Å². The topological polar surface area (TPSA) is 111 Å². The first-order valence-corrected chi connectivity index (χ1v) is 13.9. The molecular formula is C27H20ClN3O6S2. The van der Waals surface area contributed by atoms with Crippen molar-refractivity contribution in [3.8, 4) is 5.75 Å². The van der Waals surface area contributed by atoms with Crippen molar-refractivity contribution in [2.75, 3.05) is 17.3 Å². The van der Waals surface area contributed by atoms with Gasteiger partial charge in [-0.05, 0) is 60.7 Å². The van der Waals surface area contributed by atoms with E-state index in [9.17, 15) is 19.2 Å². The number of thioether (sulfide) groups is 1. The van der Waals surface area contributed by atoms with Crippen molar-refractivity contribution in [3.05, 3.63) is 92.3 Å². The molecule has 12 heteroatoms. The second-order valence-electron chi connectivity index (χ2n) is 8.95. The zero-order valence-corrected chi connectivity index (χ0v) is 22.7. The van der Waals surface area contributed by atoms with E-state index in [1.165, 1.54) is 22.8 Å². The number of furan rings is 1. The summed E-state index contributed by atoms with van der Waals surface area (Å²) in [6.07, 6.45) is 1.49. The van der Waals surface area contributed by atoms with Gasteiger partial charge in [-0.1, -0.05) is 34.7 Å². The number of aromatic nitrogens is 1. The van der Waals surface area contributed by atoms with Gasteiger partial charge in [0.1, 0.15) is 23.3 Å². The van der Waals surface area contributed by atoms with Crippen molar-refractivity contribution < 1.29 is 23.5 Å². The summed E-state index contributed by atoms with van der Waals surface area (Å²) in [5.74, 6) is -1.53. The molecule has 0 saturated carbocycles. The standard InChI is InChI=1S/C27H20ClN3O6S2/c1-36-17-10-8-16(9-11-17)31-24(33)21-20(18-3-2-12-37-18)23-26(38-22(21)25(31)34)30(27(35)39-23)13-19(32)29-15-6-4-14(28)5-7-15/h2-12,20-22H,13H2,1H3,(H,29,32)/t20-,21?,22?/m1/s1. The number of benzene rings is 2. The summed E-state index contributed by atoms with van der Waals surface area (Å²) >= 11 is 8.02. The lowest BCUT2D eigenvalue weighted by atomic mass is 9.87. The largest absolute Gasteiger partial charge is 0.497 e. The van der Waals surface area contributed by atoms with Crippen molar-refractivity contribution in [2.45, 2.75) is 22.7 Å². The molecule has 2 unspecified atom stereocenters. The van der Waals surface area contributed by atoms with Crippen LogP contribution in [0.15, 0.2) is 81.2 Å². The van der Waals surface area contributed by atoms with Crippen molar-refractivity contribution in [1.29, 1.82) is 0 Å². The Balaban J connectivity index is 1.36. The summed E-state index contributed by atoms with van der Waals surface area (Å²) in [6, 6.07) is 16.7. The van der Waals surface area contributed by atoms with Gasteiger partial charge in [-0.3, -0.25) is 23.7 Å². The molecule has 1 saturated heterocycles. The minimum absolute atomic E-state index is 0.257. The molecule has 9 nitrogen and oxygen atoms in total. The zero-order valence-electron chi connectivity index (χ0n) is 20.3. The highest BCUT2D eigenvalue weighted by molar-refractivity contribution is 8.00. The number of hydrogen-bond donors (Lipinski definition) is 1. The number of nitrogens with one attached hydrogen (secondary N) is 1. The summed E-state index contributed by atoms with van der Waals surface area (Å²) in [4.78, 5) is 54.9.